The topological polar surface area (TPSA) is 70.0 Å². The van der Waals surface area contributed by atoms with Crippen molar-refractivity contribution in [1.29, 1.82) is 0 Å². The predicted molar refractivity (Wildman–Crippen MR) is 73.5 cm³/mol. The third-order valence-electron chi connectivity index (χ3n) is 3.56. The first-order valence-electron chi connectivity index (χ1n) is 6.07. The zero-order valence-corrected chi connectivity index (χ0v) is 11.7. The molecule has 1 amide bonds. The highest BCUT2D eigenvalue weighted by Crippen LogP contribution is 2.47. The average Bonchev–Trinajstić information content (AvgIpc) is 3.15. The van der Waals surface area contributed by atoms with Crippen molar-refractivity contribution in [2.24, 2.45) is 10.9 Å². The number of hydrogen-bond donors (Lipinski definition) is 1. The molecule has 0 bridgehead atoms. The van der Waals surface area contributed by atoms with Crippen LogP contribution in [-0.4, -0.2) is 50.3 Å². The van der Waals surface area contributed by atoms with E-state index in [1.54, 1.807) is 0 Å². The first-order valence-corrected chi connectivity index (χ1v) is 7.49. The number of aliphatic imine (C=N–C) groups is 1. The van der Waals surface area contributed by atoms with Gasteiger partial charge in [-0.15, -0.1) is 11.6 Å². The number of nitrogens with zero attached hydrogens (tertiary/aromatic N) is 2. The summed E-state index contributed by atoms with van der Waals surface area (Å²) in [4.78, 5) is 29.2. The lowest BCUT2D eigenvalue weighted by Crippen LogP contribution is -2.66. The third kappa shape index (κ3) is 1.97. The highest BCUT2D eigenvalue weighted by atomic mass is 35.5. The van der Waals surface area contributed by atoms with Gasteiger partial charge in [0.05, 0.1) is 5.04 Å². The molecule has 1 saturated heterocycles. The van der Waals surface area contributed by atoms with E-state index in [1.807, 2.05) is 0 Å². The number of amides is 1. The lowest BCUT2D eigenvalue weighted by Gasteiger charge is -2.44. The maximum absolute atomic E-state index is 12.1. The standard InChI is InChI=1S/C12H13ClN2O3S/c1-5(4-13)8(12(17)18)15-10(16)7-11(15)19-9(14-7)6-2-3-6/h6-8,11H,1-4H2,(H,17,18). The van der Waals surface area contributed by atoms with Crippen molar-refractivity contribution < 1.29 is 14.7 Å². The van der Waals surface area contributed by atoms with Crippen LogP contribution in [0.4, 0.5) is 0 Å². The van der Waals surface area contributed by atoms with Gasteiger partial charge in [-0.2, -0.15) is 0 Å². The van der Waals surface area contributed by atoms with Gasteiger partial charge in [-0.05, 0) is 18.4 Å². The normalized spacial score (nSPS) is 30.5. The van der Waals surface area contributed by atoms with E-state index in [9.17, 15) is 14.7 Å². The largest absolute Gasteiger partial charge is 0.479 e. The van der Waals surface area contributed by atoms with Crippen molar-refractivity contribution in [3.05, 3.63) is 12.2 Å². The SMILES string of the molecule is C=C(CCl)C(C(=O)O)N1C(=O)C2N=C(C3CC3)SC21. The number of alkyl halides is 1. The maximum atomic E-state index is 12.1. The van der Waals surface area contributed by atoms with Gasteiger partial charge in [0.25, 0.3) is 5.91 Å². The fourth-order valence-corrected chi connectivity index (χ4v) is 4.01. The molecule has 7 heteroatoms. The van der Waals surface area contributed by atoms with Crippen LogP contribution >= 0.6 is 23.4 Å². The molecule has 2 fully saturated rings. The van der Waals surface area contributed by atoms with Gasteiger partial charge in [0.15, 0.2) is 12.1 Å². The van der Waals surface area contributed by atoms with E-state index in [0.717, 1.165) is 17.9 Å². The molecule has 102 valence electrons. The van der Waals surface area contributed by atoms with Crippen molar-refractivity contribution in [2.45, 2.75) is 30.3 Å². The Morgan fingerprint density at radius 3 is 2.84 bits per heavy atom. The smallest absolute Gasteiger partial charge is 0.330 e. The molecule has 0 aromatic rings. The lowest BCUT2D eigenvalue weighted by molar-refractivity contribution is -0.157. The van der Waals surface area contributed by atoms with Crippen molar-refractivity contribution >= 4 is 40.3 Å². The summed E-state index contributed by atoms with van der Waals surface area (Å²) >= 11 is 7.18. The summed E-state index contributed by atoms with van der Waals surface area (Å²) in [5.74, 6) is -0.798. The van der Waals surface area contributed by atoms with E-state index in [-0.39, 0.29) is 17.2 Å². The molecule has 2 heterocycles. The summed E-state index contributed by atoms with van der Waals surface area (Å²) in [7, 11) is 0. The van der Waals surface area contributed by atoms with Gasteiger partial charge in [0.1, 0.15) is 5.37 Å². The molecule has 0 spiro atoms. The van der Waals surface area contributed by atoms with Gasteiger partial charge in [-0.3, -0.25) is 9.79 Å². The highest BCUT2D eigenvalue weighted by molar-refractivity contribution is 8.15. The second-order valence-electron chi connectivity index (χ2n) is 4.97. The lowest BCUT2D eigenvalue weighted by atomic mass is 10.00. The number of carbonyl (C=O) groups is 2. The molecule has 3 atom stereocenters. The Balaban J connectivity index is 1.78. The van der Waals surface area contributed by atoms with E-state index in [4.69, 9.17) is 11.6 Å². The quantitative estimate of drug-likeness (QED) is 0.472. The fraction of sp³-hybridized carbons (Fsp3) is 0.583. The van der Waals surface area contributed by atoms with Crippen molar-refractivity contribution in [1.82, 2.24) is 4.90 Å². The van der Waals surface area contributed by atoms with Crippen molar-refractivity contribution in [3.63, 3.8) is 0 Å². The molecule has 19 heavy (non-hydrogen) atoms. The van der Waals surface area contributed by atoms with Crippen LogP contribution in [0.2, 0.25) is 0 Å². The minimum Gasteiger partial charge on any atom is -0.479 e. The number of thioether (sulfide) groups is 1. The molecule has 0 aromatic heterocycles. The number of β-lactam (4-membered cyclic amide) rings is 1. The van der Waals surface area contributed by atoms with E-state index < -0.39 is 18.1 Å². The number of carbonyl (C=O) groups excluding carboxylic acids is 1. The van der Waals surface area contributed by atoms with Crippen LogP contribution in [0.1, 0.15) is 12.8 Å². The predicted octanol–water partition coefficient (Wildman–Crippen LogP) is 1.33. The number of rotatable bonds is 5. The molecule has 3 aliphatic rings. The molecule has 3 unspecified atom stereocenters. The van der Waals surface area contributed by atoms with Crippen LogP contribution in [0.25, 0.3) is 0 Å². The number of aliphatic carboxylic acids is 1. The Hall–Kier alpha value is -1.01. The number of carboxylic acid groups (broad SMARTS) is 1. The molecule has 3 rings (SSSR count). The maximum Gasteiger partial charge on any atom is 0.330 e. The van der Waals surface area contributed by atoms with E-state index in [2.05, 4.69) is 11.6 Å². The number of fused-ring (bicyclic) bond motifs is 1. The van der Waals surface area contributed by atoms with Crippen LogP contribution in [0.3, 0.4) is 0 Å². The first kappa shape index (κ1) is 13.0. The molecule has 1 saturated carbocycles. The Labute approximate surface area is 119 Å². The van der Waals surface area contributed by atoms with Gasteiger partial charge in [-0.1, -0.05) is 18.3 Å². The molecular weight excluding hydrogens is 288 g/mol. The van der Waals surface area contributed by atoms with E-state index >= 15 is 0 Å². The van der Waals surface area contributed by atoms with E-state index in [1.165, 1.54) is 16.7 Å². The molecular formula is C12H13ClN2O3S. The van der Waals surface area contributed by atoms with Crippen LogP contribution < -0.4 is 0 Å². The highest BCUT2D eigenvalue weighted by Gasteiger charge is 2.57. The van der Waals surface area contributed by atoms with Gasteiger partial charge in [0.2, 0.25) is 0 Å². The first-order chi connectivity index (χ1) is 9.04. The average molecular weight is 301 g/mol. The number of hydrogen-bond acceptors (Lipinski definition) is 4. The number of carboxylic acids is 1. The number of likely N-dealkylation sites (tertiary alicyclic amines) is 1. The van der Waals surface area contributed by atoms with Gasteiger partial charge < -0.3 is 10.0 Å². The zero-order valence-electron chi connectivity index (χ0n) is 10.1. The van der Waals surface area contributed by atoms with Crippen molar-refractivity contribution in [2.75, 3.05) is 5.88 Å². The molecule has 5 nitrogen and oxygen atoms in total. The molecule has 1 aliphatic carbocycles. The van der Waals surface area contributed by atoms with Gasteiger partial charge >= 0.3 is 5.97 Å². The minimum atomic E-state index is -1.09. The molecule has 2 aliphatic heterocycles. The second-order valence-corrected chi connectivity index (χ2v) is 6.38. The Morgan fingerprint density at radius 2 is 2.32 bits per heavy atom. The molecule has 0 radical (unpaired) electrons. The number of halogens is 1. The van der Waals surface area contributed by atoms with Crippen LogP contribution in [0, 0.1) is 5.92 Å². The fourth-order valence-electron chi connectivity index (χ4n) is 2.37. The molecule has 1 N–H and O–H groups in total. The van der Waals surface area contributed by atoms with Crippen LogP contribution in [0.15, 0.2) is 17.1 Å². The second kappa shape index (κ2) is 4.52. The van der Waals surface area contributed by atoms with Gasteiger partial charge in [0, 0.05) is 11.8 Å². The van der Waals surface area contributed by atoms with E-state index in [0.29, 0.717) is 11.5 Å². The third-order valence-corrected chi connectivity index (χ3v) is 5.31. The Morgan fingerprint density at radius 1 is 1.63 bits per heavy atom. The minimum absolute atomic E-state index is 0.0269. The summed E-state index contributed by atoms with van der Waals surface area (Å²) in [5.41, 5.74) is 0.335. The van der Waals surface area contributed by atoms with Crippen LogP contribution in [0.5, 0.6) is 0 Å². The molecule has 0 aromatic carbocycles. The summed E-state index contributed by atoms with van der Waals surface area (Å²) in [6, 6.07) is -1.43. The summed E-state index contributed by atoms with van der Waals surface area (Å²) < 4.78 is 0. The van der Waals surface area contributed by atoms with Gasteiger partial charge in [-0.25, -0.2) is 4.79 Å². The van der Waals surface area contributed by atoms with Crippen LogP contribution in [-0.2, 0) is 9.59 Å². The summed E-state index contributed by atoms with van der Waals surface area (Å²) in [6.07, 6.45) is 2.24. The Bertz CT molecular complexity index is 503. The summed E-state index contributed by atoms with van der Waals surface area (Å²) in [5, 5.41) is 10.1. The zero-order chi connectivity index (χ0) is 13.7. The monoisotopic (exact) mass is 300 g/mol. The summed E-state index contributed by atoms with van der Waals surface area (Å²) in [6.45, 7) is 3.66. The van der Waals surface area contributed by atoms with Crippen molar-refractivity contribution in [3.8, 4) is 0 Å². The Kier molecular flexibility index (Phi) is 3.09.